The first-order valence-electron chi connectivity index (χ1n) is 11.1. The van der Waals surface area contributed by atoms with Crippen LogP contribution in [-0.4, -0.2) is 93.8 Å². The highest BCUT2D eigenvalue weighted by molar-refractivity contribution is 6.57. The molecule has 1 fully saturated rings. The second-order valence-electron chi connectivity index (χ2n) is 9.34. The van der Waals surface area contributed by atoms with Gasteiger partial charge in [0.25, 0.3) is 11.8 Å². The summed E-state index contributed by atoms with van der Waals surface area (Å²) in [6.45, 7) is -0.404. The number of nitrogens with zero attached hydrogens (tertiary/aromatic N) is 2. The van der Waals surface area contributed by atoms with Gasteiger partial charge in [-0.2, -0.15) is 8.78 Å². The highest BCUT2D eigenvalue weighted by atomic mass is 35.5. The van der Waals surface area contributed by atoms with E-state index in [0.717, 1.165) is 29.2 Å². The minimum Gasteiger partial charge on any atom is -0.398 e. The van der Waals surface area contributed by atoms with Gasteiger partial charge in [0.15, 0.2) is 0 Å². The molecule has 2 atom stereocenters. The largest absolute Gasteiger partial charge is 0.398 e. The van der Waals surface area contributed by atoms with Gasteiger partial charge in [-0.15, -0.1) is 0 Å². The predicted octanol–water partition coefficient (Wildman–Crippen LogP) is -0.621. The van der Waals surface area contributed by atoms with E-state index in [4.69, 9.17) is 66.7 Å². The van der Waals surface area contributed by atoms with Crippen LogP contribution < -0.4 is 5.32 Å². The molecule has 2 aliphatic rings. The Labute approximate surface area is 237 Å². The lowest BCUT2D eigenvalue weighted by Crippen LogP contribution is -2.72. The Hall–Kier alpha value is -2.88. The van der Waals surface area contributed by atoms with Gasteiger partial charge in [-0.1, -0.05) is 41.1 Å². The number of carbonyl (C=O) groups is 4. The third kappa shape index (κ3) is 4.26. The minimum atomic E-state index is -4.13. The third-order valence-corrected chi connectivity index (χ3v) is 7.18. The predicted molar refractivity (Wildman–Crippen MR) is 143 cm³/mol. The summed E-state index contributed by atoms with van der Waals surface area (Å²) in [5, 5.41) is -2.78. The number of fused-ring (bicyclic) bond motifs is 1. The molecule has 2 aliphatic heterocycles. The van der Waals surface area contributed by atoms with Crippen molar-refractivity contribution in [2.24, 2.45) is 0 Å². The Balaban J connectivity index is 1.65. The first-order valence-corrected chi connectivity index (χ1v) is 11.5. The molecule has 0 spiro atoms. The first-order chi connectivity index (χ1) is 17.9. The maximum atomic E-state index is 14.9. The van der Waals surface area contributed by atoms with Crippen molar-refractivity contribution in [2.45, 2.75) is 34.3 Å². The summed E-state index contributed by atoms with van der Waals surface area (Å²) < 4.78 is 29.9. The van der Waals surface area contributed by atoms with E-state index in [1.807, 2.05) is 5.32 Å². The molecule has 0 aliphatic carbocycles. The van der Waals surface area contributed by atoms with Gasteiger partial charge in [0, 0.05) is 22.7 Å². The number of nitrogens with one attached hydrogen (secondary N) is 1. The van der Waals surface area contributed by atoms with E-state index in [2.05, 4.69) is 0 Å². The summed E-state index contributed by atoms with van der Waals surface area (Å²) >= 11 is 5.72. The molecule has 39 heavy (non-hydrogen) atoms. The molecular weight excluding hydrogens is 519 g/mol. The minimum absolute atomic E-state index is 0.00478. The van der Waals surface area contributed by atoms with Gasteiger partial charge in [0.05, 0.1) is 44.7 Å². The summed E-state index contributed by atoms with van der Waals surface area (Å²) in [5.41, 5.74) is -3.19. The number of carbonyl (C=O) groups excluding carboxylic acids is 4. The number of hydrogen-bond acceptors (Lipinski definition) is 4. The lowest BCUT2D eigenvalue weighted by molar-refractivity contribution is -0.155. The SMILES string of the molecule is [B]C1C(=O)NC(=O)C([B])(N2Cc3cc(C([B])([B])N([B])C(=O)C(F)(F)c4ccc(Cl)cc4)ccc3C2=O)C1([B])[B]. The summed E-state index contributed by atoms with van der Waals surface area (Å²) in [7, 11) is 41.8. The molecule has 14 radical (unpaired) electrons. The maximum Gasteiger partial charge on any atom is 0.348 e. The fourth-order valence-electron chi connectivity index (χ4n) is 4.39. The molecule has 0 aromatic heterocycles. The molecule has 2 unspecified atom stereocenters. The van der Waals surface area contributed by atoms with E-state index >= 15 is 0 Å². The second-order valence-corrected chi connectivity index (χ2v) is 9.78. The number of hydrogen-bond donors (Lipinski definition) is 1. The van der Waals surface area contributed by atoms with Crippen molar-refractivity contribution in [1.29, 1.82) is 0 Å². The van der Waals surface area contributed by atoms with Crippen molar-refractivity contribution in [1.82, 2.24) is 15.0 Å². The molecule has 1 N–H and O–H groups in total. The van der Waals surface area contributed by atoms with Crippen LogP contribution in [0.15, 0.2) is 42.5 Å². The zero-order chi connectivity index (χ0) is 29.3. The Morgan fingerprint density at radius 1 is 1.05 bits per heavy atom. The standard InChI is InChI=1S/C22H11B7ClF2N3O4/c23-14-15(36)33-17(38)21(26,20(14,24)25)34-8-9-7-11(3-6-13(9)16(34)37)22(27,28)35(29)18(39)19(31,32)10-1-4-12(30)5-2-10/h1-7,14H,8H2,(H,33,36,38). The topological polar surface area (TPSA) is 86.8 Å². The van der Waals surface area contributed by atoms with Crippen molar-refractivity contribution < 1.29 is 28.0 Å². The number of imide groups is 1. The van der Waals surface area contributed by atoms with Crippen LogP contribution in [0.2, 0.25) is 16.1 Å². The second kappa shape index (κ2) is 9.35. The van der Waals surface area contributed by atoms with Crippen LogP contribution in [0.4, 0.5) is 8.78 Å². The molecular formula is C22H11B7ClF2N3O4. The van der Waals surface area contributed by atoms with Crippen molar-refractivity contribution in [3.05, 3.63) is 69.7 Å². The Kier molecular flexibility index (Phi) is 6.98. The van der Waals surface area contributed by atoms with E-state index in [0.29, 0.717) is 0 Å². The van der Waals surface area contributed by atoms with Crippen LogP contribution in [0.3, 0.4) is 0 Å². The Morgan fingerprint density at radius 3 is 2.21 bits per heavy atom. The molecule has 4 rings (SSSR count). The van der Waals surface area contributed by atoms with Crippen molar-refractivity contribution in [3.8, 4) is 0 Å². The molecule has 2 aromatic carbocycles. The average Bonchev–Trinajstić information content (AvgIpc) is 3.21. The normalized spacial score (nSPS) is 22.8. The van der Waals surface area contributed by atoms with Crippen molar-refractivity contribution in [3.63, 3.8) is 0 Å². The Morgan fingerprint density at radius 2 is 1.62 bits per heavy atom. The lowest BCUT2D eigenvalue weighted by Gasteiger charge is -2.55. The van der Waals surface area contributed by atoms with E-state index < -0.39 is 63.5 Å². The van der Waals surface area contributed by atoms with Crippen LogP contribution in [0.25, 0.3) is 0 Å². The molecule has 2 heterocycles. The fourth-order valence-corrected chi connectivity index (χ4v) is 4.51. The molecule has 17 heteroatoms. The number of amides is 4. The zero-order valence-electron chi connectivity index (χ0n) is 20.0. The van der Waals surface area contributed by atoms with Crippen molar-refractivity contribution in [2.75, 3.05) is 0 Å². The van der Waals surface area contributed by atoms with Gasteiger partial charge in [-0.25, -0.2) is 0 Å². The molecule has 2 aromatic rings. The molecule has 0 bridgehead atoms. The van der Waals surface area contributed by atoms with E-state index in [-0.39, 0.29) is 26.5 Å². The summed E-state index contributed by atoms with van der Waals surface area (Å²) in [5.74, 6) is -10.7. The van der Waals surface area contributed by atoms with Crippen LogP contribution in [0, 0.1) is 0 Å². The monoisotopic (exact) mass is 531 g/mol. The number of rotatable bonds is 5. The summed E-state index contributed by atoms with van der Waals surface area (Å²) in [6, 6.07) is 7.80. The van der Waals surface area contributed by atoms with Gasteiger partial charge in [-0.05, 0) is 40.5 Å². The highest BCUT2D eigenvalue weighted by Crippen LogP contribution is 2.49. The highest BCUT2D eigenvalue weighted by Gasteiger charge is 2.59. The summed E-state index contributed by atoms with van der Waals surface area (Å²) in [4.78, 5) is 51.4. The summed E-state index contributed by atoms with van der Waals surface area (Å²) in [6.07, 6.45) is 0. The molecule has 180 valence electrons. The zero-order valence-corrected chi connectivity index (χ0v) is 20.8. The van der Waals surface area contributed by atoms with Crippen LogP contribution >= 0.6 is 11.6 Å². The number of halogens is 3. The van der Waals surface area contributed by atoms with Crippen LogP contribution in [0.1, 0.15) is 27.0 Å². The van der Waals surface area contributed by atoms with E-state index in [1.165, 1.54) is 18.2 Å². The average molecular weight is 530 g/mol. The van der Waals surface area contributed by atoms with Gasteiger partial charge in [0.1, 0.15) is 7.85 Å². The number of alkyl halides is 2. The van der Waals surface area contributed by atoms with E-state index in [1.54, 1.807) is 0 Å². The molecule has 1 saturated heterocycles. The molecule has 7 nitrogen and oxygen atoms in total. The lowest BCUT2D eigenvalue weighted by atomic mass is 9.31. The van der Waals surface area contributed by atoms with Gasteiger partial charge in [-0.3, -0.25) is 24.5 Å². The van der Waals surface area contributed by atoms with Gasteiger partial charge >= 0.3 is 5.92 Å². The van der Waals surface area contributed by atoms with Crippen molar-refractivity contribution >= 4 is 90.3 Å². The number of benzene rings is 2. The van der Waals surface area contributed by atoms with E-state index in [9.17, 15) is 28.0 Å². The molecule has 4 amide bonds. The quantitative estimate of drug-likeness (QED) is 0.413. The Bertz CT molecular complexity index is 1410. The van der Waals surface area contributed by atoms with Crippen LogP contribution in [0.5, 0.6) is 0 Å². The van der Waals surface area contributed by atoms with Crippen LogP contribution in [-0.2, 0) is 32.2 Å². The number of piperidine rings is 1. The van der Waals surface area contributed by atoms with Gasteiger partial charge < -0.3 is 9.71 Å². The van der Waals surface area contributed by atoms with Gasteiger partial charge in [0.2, 0.25) is 19.8 Å². The molecule has 0 saturated carbocycles. The first kappa shape index (κ1) is 29.1. The fraction of sp³-hybridized carbons (Fsp3) is 0.273. The smallest absolute Gasteiger partial charge is 0.348 e. The maximum absolute atomic E-state index is 14.9. The third-order valence-electron chi connectivity index (χ3n) is 6.93.